The second kappa shape index (κ2) is 9.65. The SMILES string of the molecule is N[N+]12C=CN=CC1=C([C@@H]1CC[C@H]3CCC(=O)N3C1)N=C2c1ccc(C(=O)Nc2cc(C(F)(F)F)ccn2)cc1Cl. The lowest BCUT2D eigenvalue weighted by Crippen LogP contribution is -2.53. The number of halogens is 4. The smallest absolute Gasteiger partial charge is 0.339 e. The summed E-state index contributed by atoms with van der Waals surface area (Å²) in [5, 5.41) is 2.56. The number of anilines is 1. The zero-order chi connectivity index (χ0) is 28.2. The van der Waals surface area contributed by atoms with E-state index >= 15 is 0 Å². The van der Waals surface area contributed by atoms with Crippen molar-refractivity contribution in [1.82, 2.24) is 9.88 Å². The molecule has 0 spiro atoms. The zero-order valence-corrected chi connectivity index (χ0v) is 21.8. The summed E-state index contributed by atoms with van der Waals surface area (Å²) >= 11 is 6.64. The van der Waals surface area contributed by atoms with E-state index in [1.165, 1.54) is 12.1 Å². The average Bonchev–Trinajstić information content (AvgIpc) is 3.45. The third-order valence-electron chi connectivity index (χ3n) is 7.73. The Morgan fingerprint density at radius 3 is 2.77 bits per heavy atom. The van der Waals surface area contributed by atoms with E-state index in [1.54, 1.807) is 24.7 Å². The number of aromatic nitrogens is 1. The first-order valence-corrected chi connectivity index (χ1v) is 13.1. The van der Waals surface area contributed by atoms with Crippen LogP contribution in [0.25, 0.3) is 0 Å². The summed E-state index contributed by atoms with van der Waals surface area (Å²) in [5.74, 6) is 6.49. The van der Waals surface area contributed by atoms with Gasteiger partial charge in [0.25, 0.3) is 11.7 Å². The fourth-order valence-electron chi connectivity index (χ4n) is 5.68. The summed E-state index contributed by atoms with van der Waals surface area (Å²) in [6, 6.07) is 6.35. The summed E-state index contributed by atoms with van der Waals surface area (Å²) < 4.78 is 38.8. The highest BCUT2D eigenvalue weighted by Gasteiger charge is 2.48. The van der Waals surface area contributed by atoms with Crippen molar-refractivity contribution in [3.05, 3.63) is 82.0 Å². The Kier molecular flexibility index (Phi) is 6.36. The third-order valence-corrected chi connectivity index (χ3v) is 8.04. The van der Waals surface area contributed by atoms with E-state index in [2.05, 4.69) is 15.3 Å². The van der Waals surface area contributed by atoms with E-state index in [1.807, 2.05) is 4.90 Å². The topological polar surface area (TPSA) is 113 Å². The number of amides is 2. The number of carbonyl (C=O) groups excluding carboxylic acids is 2. The second-order valence-electron chi connectivity index (χ2n) is 10.1. The minimum Gasteiger partial charge on any atom is -0.339 e. The van der Waals surface area contributed by atoms with Crippen LogP contribution in [0, 0.1) is 5.92 Å². The lowest BCUT2D eigenvalue weighted by atomic mass is 9.90. The zero-order valence-electron chi connectivity index (χ0n) is 21.0. The van der Waals surface area contributed by atoms with Crippen molar-refractivity contribution < 1.29 is 27.4 Å². The maximum absolute atomic E-state index is 13.0. The molecule has 0 saturated carbocycles. The molecule has 3 atom stereocenters. The molecule has 2 amide bonds. The highest BCUT2D eigenvalue weighted by Crippen LogP contribution is 2.41. The minimum atomic E-state index is -4.57. The van der Waals surface area contributed by atoms with E-state index in [0.717, 1.165) is 43.3 Å². The Bertz CT molecular complexity index is 1550. The summed E-state index contributed by atoms with van der Waals surface area (Å²) in [6.45, 7) is 0.563. The van der Waals surface area contributed by atoms with Crippen LogP contribution in [0.2, 0.25) is 5.02 Å². The molecular formula is C27H24ClF3N7O2+. The van der Waals surface area contributed by atoms with Gasteiger partial charge in [-0.05, 0) is 49.6 Å². The lowest BCUT2D eigenvalue weighted by molar-refractivity contribution is -0.750. The quantitative estimate of drug-likeness (QED) is 0.412. The number of pyridine rings is 1. The number of nitrogens with one attached hydrogen (secondary N) is 1. The van der Waals surface area contributed by atoms with Crippen molar-refractivity contribution in [2.45, 2.75) is 37.9 Å². The molecule has 4 aliphatic heterocycles. The average molecular weight is 571 g/mol. The number of quaternary nitrogens is 1. The summed E-state index contributed by atoms with van der Waals surface area (Å²) in [6.07, 6.45) is 4.52. The number of alkyl halides is 3. The van der Waals surface area contributed by atoms with Crippen molar-refractivity contribution in [1.29, 1.82) is 0 Å². The first-order valence-electron chi connectivity index (χ1n) is 12.7. The number of allylic oxidation sites excluding steroid dienone is 1. The van der Waals surface area contributed by atoms with Gasteiger partial charge in [-0.1, -0.05) is 11.6 Å². The van der Waals surface area contributed by atoms with Gasteiger partial charge in [0.15, 0.2) is 0 Å². The molecule has 13 heteroatoms. The van der Waals surface area contributed by atoms with Crippen molar-refractivity contribution in [3.63, 3.8) is 0 Å². The molecule has 3 N–H and O–H groups in total. The Labute approximate surface area is 232 Å². The number of piperidine rings is 1. The van der Waals surface area contributed by atoms with Gasteiger partial charge >= 0.3 is 6.18 Å². The van der Waals surface area contributed by atoms with Crippen LogP contribution in [0.1, 0.15) is 47.2 Å². The van der Waals surface area contributed by atoms with Crippen LogP contribution in [0.3, 0.4) is 0 Å². The molecule has 1 aromatic heterocycles. The Hall–Kier alpha value is -3.87. The number of rotatable bonds is 4. The largest absolute Gasteiger partial charge is 0.416 e. The number of carbonyl (C=O) groups is 2. The number of benzene rings is 1. The Morgan fingerprint density at radius 2 is 2.00 bits per heavy atom. The van der Waals surface area contributed by atoms with Crippen LogP contribution in [0.5, 0.6) is 0 Å². The van der Waals surface area contributed by atoms with Gasteiger partial charge < -0.3 is 10.2 Å². The van der Waals surface area contributed by atoms with Crippen LogP contribution in [0.4, 0.5) is 19.0 Å². The molecule has 0 aliphatic carbocycles. The molecule has 6 rings (SSSR count). The Balaban J connectivity index is 1.28. The van der Waals surface area contributed by atoms with Gasteiger partial charge in [0.2, 0.25) is 11.6 Å². The van der Waals surface area contributed by atoms with E-state index < -0.39 is 17.6 Å². The second-order valence-corrected chi connectivity index (χ2v) is 10.6. The van der Waals surface area contributed by atoms with Gasteiger partial charge in [-0.3, -0.25) is 14.6 Å². The molecule has 1 unspecified atom stereocenters. The number of hydrogen-bond acceptors (Lipinski definition) is 6. The summed E-state index contributed by atoms with van der Waals surface area (Å²) in [5.41, 5.74) is 1.10. The number of fused-ring (bicyclic) bond motifs is 2. The molecular weight excluding hydrogens is 547 g/mol. The fraction of sp³-hybridized carbons (Fsp3) is 0.296. The van der Waals surface area contributed by atoms with Crippen LogP contribution in [-0.4, -0.2) is 50.9 Å². The lowest BCUT2D eigenvalue weighted by Gasteiger charge is -2.35. The predicted octanol–water partition coefficient (Wildman–Crippen LogP) is 4.63. The number of nitrogens with zero attached hydrogens (tertiary/aromatic N) is 5. The van der Waals surface area contributed by atoms with Crippen molar-refractivity contribution in [3.8, 4) is 0 Å². The molecule has 1 aromatic carbocycles. The molecule has 2 fully saturated rings. The normalized spacial score (nSPS) is 25.7. The number of hydrogen-bond donors (Lipinski definition) is 2. The van der Waals surface area contributed by atoms with Gasteiger partial charge in [-0.15, -0.1) is 4.59 Å². The van der Waals surface area contributed by atoms with E-state index in [-0.39, 0.29) is 38.9 Å². The molecule has 0 radical (unpaired) electrons. The molecule has 4 aliphatic rings. The standard InChI is InChI=1S/C27H23ClF3N7O2/c28-20-11-15(26(40)35-22-12-17(7-8-34-22)27(29,30)31)2-5-19(20)25-36-24(21-13-33-9-10-38(21,25)32)16-1-3-18-4-6-23(39)37(18)14-16/h2,5,7-13,16,18H,1,3-4,6,14,32H2/p+1/t16-,18+,38?/m1/s1. The van der Waals surface area contributed by atoms with Crippen LogP contribution < -0.4 is 11.2 Å². The number of amidine groups is 1. The molecule has 206 valence electrons. The van der Waals surface area contributed by atoms with E-state index in [4.69, 9.17) is 22.4 Å². The van der Waals surface area contributed by atoms with Gasteiger partial charge in [0.05, 0.1) is 28.6 Å². The van der Waals surface area contributed by atoms with Gasteiger partial charge in [0, 0.05) is 36.7 Å². The molecule has 9 nitrogen and oxygen atoms in total. The number of aliphatic imine (C=N–C) groups is 2. The van der Waals surface area contributed by atoms with Crippen molar-refractivity contribution in [2.24, 2.45) is 21.7 Å². The minimum absolute atomic E-state index is 0.0198. The van der Waals surface area contributed by atoms with Gasteiger partial charge in [0.1, 0.15) is 17.7 Å². The highest BCUT2D eigenvalue weighted by atomic mass is 35.5. The van der Waals surface area contributed by atoms with Crippen molar-refractivity contribution in [2.75, 3.05) is 11.9 Å². The van der Waals surface area contributed by atoms with E-state index in [9.17, 15) is 22.8 Å². The monoisotopic (exact) mass is 570 g/mol. The highest BCUT2D eigenvalue weighted by molar-refractivity contribution is 6.34. The maximum atomic E-state index is 13.0. The maximum Gasteiger partial charge on any atom is 0.416 e. The van der Waals surface area contributed by atoms with Crippen LogP contribution in [-0.2, 0) is 11.0 Å². The van der Waals surface area contributed by atoms with Crippen LogP contribution >= 0.6 is 11.6 Å². The molecule has 40 heavy (non-hydrogen) atoms. The first kappa shape index (κ1) is 26.4. The third kappa shape index (κ3) is 4.51. The predicted molar refractivity (Wildman–Crippen MR) is 142 cm³/mol. The molecule has 0 bridgehead atoms. The van der Waals surface area contributed by atoms with Crippen LogP contribution in [0.15, 0.2) is 70.3 Å². The summed E-state index contributed by atoms with van der Waals surface area (Å²) in [4.78, 5) is 40.2. The van der Waals surface area contributed by atoms with Crippen molar-refractivity contribution >= 4 is 41.3 Å². The number of nitrogens with two attached hydrogens (primary N) is 1. The Morgan fingerprint density at radius 1 is 1.18 bits per heavy atom. The van der Waals surface area contributed by atoms with Gasteiger partial charge in [-0.25, -0.2) is 4.98 Å². The molecule has 2 aromatic rings. The summed E-state index contributed by atoms with van der Waals surface area (Å²) in [7, 11) is 0. The fourth-order valence-corrected chi connectivity index (χ4v) is 5.94. The van der Waals surface area contributed by atoms with Gasteiger partial charge in [-0.2, -0.15) is 24.0 Å². The molecule has 5 heterocycles. The first-order chi connectivity index (χ1) is 19.0. The van der Waals surface area contributed by atoms with E-state index in [0.29, 0.717) is 30.1 Å². The molecule has 2 saturated heterocycles.